The fourth-order valence-corrected chi connectivity index (χ4v) is 2.20. The van der Waals surface area contributed by atoms with E-state index in [4.69, 9.17) is 0 Å². The van der Waals surface area contributed by atoms with Gasteiger partial charge in [-0.2, -0.15) is 0 Å². The SMILES string of the molecule is CC(CCCBr)NC(=O)c1cccc(F)c1Br. The fraction of sp³-hybridized carbons (Fsp3) is 0.417. The zero-order valence-electron chi connectivity index (χ0n) is 9.47. The first-order valence-electron chi connectivity index (χ1n) is 5.37. The van der Waals surface area contributed by atoms with E-state index in [9.17, 15) is 9.18 Å². The molecule has 0 aromatic heterocycles. The number of benzene rings is 1. The monoisotopic (exact) mass is 365 g/mol. The number of rotatable bonds is 5. The van der Waals surface area contributed by atoms with Crippen LogP contribution in [0.5, 0.6) is 0 Å². The van der Waals surface area contributed by atoms with E-state index in [1.807, 2.05) is 6.92 Å². The summed E-state index contributed by atoms with van der Waals surface area (Å²) in [5.41, 5.74) is 0.329. The van der Waals surface area contributed by atoms with E-state index in [0.717, 1.165) is 18.2 Å². The maximum absolute atomic E-state index is 13.2. The van der Waals surface area contributed by atoms with Crippen molar-refractivity contribution in [3.63, 3.8) is 0 Å². The van der Waals surface area contributed by atoms with E-state index in [1.165, 1.54) is 12.1 Å². The quantitative estimate of drug-likeness (QED) is 0.787. The molecule has 17 heavy (non-hydrogen) atoms. The Kier molecular flexibility index (Phi) is 6.12. The molecule has 1 atom stereocenters. The molecule has 0 heterocycles. The molecule has 0 saturated carbocycles. The second kappa shape index (κ2) is 7.11. The summed E-state index contributed by atoms with van der Waals surface area (Å²) < 4.78 is 13.5. The van der Waals surface area contributed by atoms with Gasteiger partial charge in [0.2, 0.25) is 0 Å². The summed E-state index contributed by atoms with van der Waals surface area (Å²) in [4.78, 5) is 11.9. The summed E-state index contributed by atoms with van der Waals surface area (Å²) in [6.07, 6.45) is 1.88. The average molecular weight is 367 g/mol. The van der Waals surface area contributed by atoms with E-state index in [0.29, 0.717) is 5.56 Å². The topological polar surface area (TPSA) is 29.1 Å². The number of alkyl halides is 1. The normalized spacial score (nSPS) is 12.2. The van der Waals surface area contributed by atoms with Gasteiger partial charge in [0.25, 0.3) is 5.91 Å². The third-order valence-corrected chi connectivity index (χ3v) is 3.71. The number of carbonyl (C=O) groups is 1. The van der Waals surface area contributed by atoms with Crippen molar-refractivity contribution in [1.82, 2.24) is 5.32 Å². The summed E-state index contributed by atoms with van der Waals surface area (Å²) >= 11 is 6.42. The highest BCUT2D eigenvalue weighted by Gasteiger charge is 2.14. The summed E-state index contributed by atoms with van der Waals surface area (Å²) in [7, 11) is 0. The number of amides is 1. The van der Waals surface area contributed by atoms with Crippen LogP contribution in [-0.4, -0.2) is 17.3 Å². The van der Waals surface area contributed by atoms with Crippen molar-refractivity contribution < 1.29 is 9.18 Å². The van der Waals surface area contributed by atoms with Gasteiger partial charge in [-0.05, 0) is 47.8 Å². The third-order valence-electron chi connectivity index (χ3n) is 2.34. The molecule has 0 spiro atoms. The lowest BCUT2D eigenvalue weighted by atomic mass is 10.1. The molecular formula is C12H14Br2FNO. The molecule has 94 valence electrons. The van der Waals surface area contributed by atoms with E-state index in [1.54, 1.807) is 6.07 Å². The van der Waals surface area contributed by atoms with Crippen LogP contribution in [-0.2, 0) is 0 Å². The minimum absolute atomic E-state index is 0.0789. The molecule has 5 heteroatoms. The molecule has 0 fully saturated rings. The smallest absolute Gasteiger partial charge is 0.252 e. The minimum Gasteiger partial charge on any atom is -0.350 e. The van der Waals surface area contributed by atoms with Crippen LogP contribution in [0.3, 0.4) is 0 Å². The molecule has 1 aromatic carbocycles. The van der Waals surface area contributed by atoms with Crippen molar-refractivity contribution in [3.05, 3.63) is 34.1 Å². The van der Waals surface area contributed by atoms with Crippen molar-refractivity contribution in [2.45, 2.75) is 25.8 Å². The zero-order chi connectivity index (χ0) is 12.8. The first-order chi connectivity index (χ1) is 8.06. The molecule has 1 rings (SSSR count). The molecule has 0 aliphatic carbocycles. The summed E-state index contributed by atoms with van der Waals surface area (Å²) in [5, 5.41) is 3.76. The maximum Gasteiger partial charge on any atom is 0.252 e. The van der Waals surface area contributed by atoms with Crippen LogP contribution < -0.4 is 5.32 Å². The molecule has 1 N–H and O–H groups in total. The Balaban J connectivity index is 2.67. The van der Waals surface area contributed by atoms with Crippen LogP contribution in [0.25, 0.3) is 0 Å². The van der Waals surface area contributed by atoms with Gasteiger partial charge in [0, 0.05) is 11.4 Å². The molecule has 0 aliphatic heterocycles. The van der Waals surface area contributed by atoms with E-state index < -0.39 is 5.82 Å². The molecule has 0 aliphatic rings. The first kappa shape index (κ1) is 14.6. The van der Waals surface area contributed by atoms with Gasteiger partial charge in [0.1, 0.15) is 5.82 Å². The number of hydrogen-bond donors (Lipinski definition) is 1. The molecule has 0 bridgehead atoms. The number of nitrogens with one attached hydrogen (secondary N) is 1. The van der Waals surface area contributed by atoms with Crippen LogP contribution in [0.1, 0.15) is 30.1 Å². The first-order valence-corrected chi connectivity index (χ1v) is 7.28. The number of carbonyl (C=O) groups excluding carboxylic acids is 1. The molecule has 0 radical (unpaired) electrons. The summed E-state index contributed by atoms with van der Waals surface area (Å²) in [6, 6.07) is 4.52. The Morgan fingerprint density at radius 1 is 1.53 bits per heavy atom. The van der Waals surface area contributed by atoms with E-state index in [2.05, 4.69) is 37.2 Å². The van der Waals surface area contributed by atoms with Crippen LogP contribution in [0.15, 0.2) is 22.7 Å². The second-order valence-electron chi connectivity index (χ2n) is 3.81. The van der Waals surface area contributed by atoms with Crippen LogP contribution in [0.2, 0.25) is 0 Å². The van der Waals surface area contributed by atoms with Crippen molar-refractivity contribution in [1.29, 1.82) is 0 Å². The van der Waals surface area contributed by atoms with Gasteiger partial charge in [-0.15, -0.1) is 0 Å². The Bertz CT molecular complexity index is 398. The molecule has 2 nitrogen and oxygen atoms in total. The van der Waals surface area contributed by atoms with E-state index in [-0.39, 0.29) is 16.4 Å². The zero-order valence-corrected chi connectivity index (χ0v) is 12.6. The molecule has 0 saturated heterocycles. The van der Waals surface area contributed by atoms with Crippen molar-refractivity contribution in [3.8, 4) is 0 Å². The Labute approximate surface area is 117 Å². The highest BCUT2D eigenvalue weighted by atomic mass is 79.9. The fourth-order valence-electron chi connectivity index (χ4n) is 1.44. The highest BCUT2D eigenvalue weighted by molar-refractivity contribution is 9.10. The lowest BCUT2D eigenvalue weighted by molar-refractivity contribution is 0.0937. The summed E-state index contributed by atoms with van der Waals surface area (Å²) in [5.74, 6) is -0.677. The van der Waals surface area contributed by atoms with Crippen LogP contribution >= 0.6 is 31.9 Å². The van der Waals surface area contributed by atoms with Gasteiger partial charge in [-0.1, -0.05) is 22.0 Å². The maximum atomic E-state index is 13.2. The Morgan fingerprint density at radius 2 is 2.24 bits per heavy atom. The minimum atomic E-state index is -0.425. The van der Waals surface area contributed by atoms with Crippen molar-refractivity contribution >= 4 is 37.8 Å². The van der Waals surface area contributed by atoms with Crippen molar-refractivity contribution in [2.24, 2.45) is 0 Å². The van der Waals surface area contributed by atoms with Gasteiger partial charge in [-0.25, -0.2) is 4.39 Å². The van der Waals surface area contributed by atoms with Crippen molar-refractivity contribution in [2.75, 3.05) is 5.33 Å². The van der Waals surface area contributed by atoms with E-state index >= 15 is 0 Å². The Morgan fingerprint density at radius 3 is 2.88 bits per heavy atom. The van der Waals surface area contributed by atoms with Gasteiger partial charge in [-0.3, -0.25) is 4.79 Å². The van der Waals surface area contributed by atoms with Gasteiger partial charge < -0.3 is 5.32 Å². The molecule has 1 unspecified atom stereocenters. The molecule has 1 amide bonds. The summed E-state index contributed by atoms with van der Waals surface area (Å²) in [6.45, 7) is 1.94. The van der Waals surface area contributed by atoms with Gasteiger partial charge in [0.05, 0.1) is 10.0 Å². The predicted molar refractivity (Wildman–Crippen MR) is 74.1 cm³/mol. The van der Waals surface area contributed by atoms with Gasteiger partial charge >= 0.3 is 0 Å². The molecule has 1 aromatic rings. The lowest BCUT2D eigenvalue weighted by Crippen LogP contribution is -2.32. The predicted octanol–water partition coefficient (Wildman–Crippen LogP) is 3.88. The third kappa shape index (κ3) is 4.39. The van der Waals surface area contributed by atoms with Crippen LogP contribution in [0.4, 0.5) is 4.39 Å². The Hall–Kier alpha value is -0.420. The molecular weight excluding hydrogens is 353 g/mol. The standard InChI is InChI=1S/C12H14Br2FNO/c1-8(4-3-7-13)16-12(17)9-5-2-6-10(15)11(9)14/h2,5-6,8H,3-4,7H2,1H3,(H,16,17). The largest absolute Gasteiger partial charge is 0.350 e. The average Bonchev–Trinajstić information content (AvgIpc) is 2.29. The number of hydrogen-bond acceptors (Lipinski definition) is 1. The number of halogens is 3. The highest BCUT2D eigenvalue weighted by Crippen LogP contribution is 2.20. The second-order valence-corrected chi connectivity index (χ2v) is 5.39. The van der Waals surface area contributed by atoms with Gasteiger partial charge in [0.15, 0.2) is 0 Å². The van der Waals surface area contributed by atoms with Crippen LogP contribution in [0, 0.1) is 5.82 Å². The lowest BCUT2D eigenvalue weighted by Gasteiger charge is -2.14.